The van der Waals surface area contributed by atoms with E-state index in [1.807, 2.05) is 13.8 Å². The standard InChI is InChI=1S/C14H18N4OS/c1-8-5-11(9(2)10(3)13(8)19-4)6-16-18-14-17-12(15)7-20-14/h5-7H,15H2,1-4H3,(H,17,18). The molecule has 0 spiro atoms. The molecule has 0 bridgehead atoms. The lowest BCUT2D eigenvalue weighted by molar-refractivity contribution is 0.408. The molecule has 3 N–H and O–H groups in total. The van der Waals surface area contributed by atoms with Crippen LogP contribution in [0.25, 0.3) is 0 Å². The van der Waals surface area contributed by atoms with Crippen LogP contribution < -0.4 is 15.9 Å². The molecule has 0 atom stereocenters. The molecule has 2 rings (SSSR count). The molecule has 6 heteroatoms. The fraction of sp³-hybridized carbons (Fsp3) is 0.286. The average Bonchev–Trinajstić information content (AvgIpc) is 2.82. The minimum Gasteiger partial charge on any atom is -0.496 e. The molecule has 1 heterocycles. The van der Waals surface area contributed by atoms with Crippen molar-refractivity contribution in [1.82, 2.24) is 4.98 Å². The Morgan fingerprint density at radius 2 is 2.10 bits per heavy atom. The summed E-state index contributed by atoms with van der Waals surface area (Å²) in [4.78, 5) is 4.08. The number of hydrogen-bond acceptors (Lipinski definition) is 6. The van der Waals surface area contributed by atoms with E-state index in [2.05, 4.69) is 28.5 Å². The number of nitrogens with zero attached hydrogens (tertiary/aromatic N) is 2. The second-order valence-corrected chi connectivity index (χ2v) is 5.37. The van der Waals surface area contributed by atoms with Gasteiger partial charge in [0.25, 0.3) is 0 Å². The van der Waals surface area contributed by atoms with E-state index < -0.39 is 0 Å². The van der Waals surface area contributed by atoms with E-state index in [0.717, 1.165) is 28.0 Å². The summed E-state index contributed by atoms with van der Waals surface area (Å²) in [5, 5.41) is 6.65. The van der Waals surface area contributed by atoms with Gasteiger partial charge < -0.3 is 10.5 Å². The van der Waals surface area contributed by atoms with Crippen molar-refractivity contribution < 1.29 is 4.74 Å². The molecule has 1 aromatic heterocycles. The monoisotopic (exact) mass is 290 g/mol. The number of nitrogens with two attached hydrogens (primary N) is 1. The summed E-state index contributed by atoms with van der Waals surface area (Å²) >= 11 is 1.42. The van der Waals surface area contributed by atoms with Crippen LogP contribution in [0.3, 0.4) is 0 Å². The van der Waals surface area contributed by atoms with Crippen LogP contribution in [-0.2, 0) is 0 Å². The van der Waals surface area contributed by atoms with Gasteiger partial charge in [-0.25, -0.2) is 4.98 Å². The van der Waals surface area contributed by atoms with Gasteiger partial charge in [-0.05, 0) is 49.1 Å². The lowest BCUT2D eigenvalue weighted by atomic mass is 9.99. The van der Waals surface area contributed by atoms with E-state index in [1.54, 1.807) is 18.7 Å². The first kappa shape index (κ1) is 14.3. The summed E-state index contributed by atoms with van der Waals surface area (Å²) in [6.07, 6.45) is 1.78. The van der Waals surface area contributed by atoms with Crippen molar-refractivity contribution in [3.63, 3.8) is 0 Å². The van der Waals surface area contributed by atoms with E-state index in [0.29, 0.717) is 10.9 Å². The van der Waals surface area contributed by atoms with Crippen LogP contribution in [0.15, 0.2) is 16.5 Å². The number of hydrogen-bond donors (Lipinski definition) is 2. The van der Waals surface area contributed by atoms with Crippen LogP contribution in [0.5, 0.6) is 5.75 Å². The van der Waals surface area contributed by atoms with Gasteiger partial charge >= 0.3 is 0 Å². The number of rotatable bonds is 4. The van der Waals surface area contributed by atoms with Gasteiger partial charge in [-0.2, -0.15) is 5.10 Å². The third-order valence-electron chi connectivity index (χ3n) is 3.16. The Labute approximate surface area is 122 Å². The molecule has 0 fully saturated rings. The Balaban J connectivity index is 2.21. The number of aryl methyl sites for hydroxylation is 1. The summed E-state index contributed by atoms with van der Waals surface area (Å²) < 4.78 is 5.41. The van der Waals surface area contributed by atoms with E-state index in [9.17, 15) is 0 Å². The number of hydrazone groups is 1. The number of nitrogens with one attached hydrogen (secondary N) is 1. The fourth-order valence-corrected chi connectivity index (χ4v) is 2.58. The van der Waals surface area contributed by atoms with Crippen LogP contribution in [0, 0.1) is 20.8 Å². The summed E-state index contributed by atoms with van der Waals surface area (Å²) in [6, 6.07) is 2.06. The highest BCUT2D eigenvalue weighted by Crippen LogP contribution is 2.27. The van der Waals surface area contributed by atoms with Gasteiger partial charge in [-0.15, -0.1) is 11.3 Å². The first-order chi connectivity index (χ1) is 9.52. The Kier molecular flexibility index (Phi) is 4.24. The first-order valence-electron chi connectivity index (χ1n) is 6.17. The highest BCUT2D eigenvalue weighted by Gasteiger charge is 2.09. The Bertz CT molecular complexity index is 649. The minimum absolute atomic E-state index is 0.500. The molecule has 2 aromatic rings. The highest BCUT2D eigenvalue weighted by molar-refractivity contribution is 7.14. The summed E-state index contributed by atoms with van der Waals surface area (Å²) in [6.45, 7) is 6.13. The van der Waals surface area contributed by atoms with Crippen LogP contribution >= 0.6 is 11.3 Å². The number of methoxy groups -OCH3 is 1. The zero-order valence-electron chi connectivity index (χ0n) is 12.0. The number of nitrogen functional groups attached to an aromatic ring is 1. The summed E-state index contributed by atoms with van der Waals surface area (Å²) in [7, 11) is 1.69. The topological polar surface area (TPSA) is 72.5 Å². The molecule has 0 radical (unpaired) electrons. The highest BCUT2D eigenvalue weighted by atomic mass is 32.1. The smallest absolute Gasteiger partial charge is 0.205 e. The van der Waals surface area contributed by atoms with Crippen LogP contribution in [0.1, 0.15) is 22.3 Å². The molecule has 0 aliphatic carbocycles. The van der Waals surface area contributed by atoms with Gasteiger partial charge in [0.1, 0.15) is 11.6 Å². The average molecular weight is 290 g/mol. The number of thiazole rings is 1. The molecule has 106 valence electrons. The van der Waals surface area contributed by atoms with Crippen molar-refractivity contribution in [1.29, 1.82) is 0 Å². The molecule has 0 saturated carbocycles. The van der Waals surface area contributed by atoms with Gasteiger partial charge in [0, 0.05) is 5.38 Å². The third kappa shape index (κ3) is 2.91. The number of aromatic nitrogens is 1. The van der Waals surface area contributed by atoms with Crippen molar-refractivity contribution >= 4 is 28.5 Å². The molecule has 5 nitrogen and oxygen atoms in total. The molecule has 0 saturated heterocycles. The maximum Gasteiger partial charge on any atom is 0.205 e. The number of benzene rings is 1. The minimum atomic E-state index is 0.500. The van der Waals surface area contributed by atoms with Gasteiger partial charge in [0.2, 0.25) is 5.13 Å². The van der Waals surface area contributed by atoms with Crippen LogP contribution in [0.4, 0.5) is 10.9 Å². The quantitative estimate of drug-likeness (QED) is 0.670. The van der Waals surface area contributed by atoms with Gasteiger partial charge in [0.05, 0.1) is 13.3 Å². The Morgan fingerprint density at radius 3 is 2.70 bits per heavy atom. The van der Waals surface area contributed by atoms with Gasteiger partial charge in [-0.3, -0.25) is 5.43 Å². The maximum absolute atomic E-state index is 5.55. The second-order valence-electron chi connectivity index (χ2n) is 4.51. The van der Waals surface area contributed by atoms with E-state index >= 15 is 0 Å². The predicted molar refractivity (Wildman–Crippen MR) is 84.9 cm³/mol. The number of anilines is 2. The van der Waals surface area contributed by atoms with Gasteiger partial charge in [0.15, 0.2) is 0 Å². The Hall–Kier alpha value is -2.08. The second kappa shape index (κ2) is 5.92. The largest absolute Gasteiger partial charge is 0.496 e. The molecular weight excluding hydrogens is 272 g/mol. The molecular formula is C14H18N4OS. The fourth-order valence-electron chi connectivity index (χ4n) is 2.03. The van der Waals surface area contributed by atoms with Crippen LogP contribution in [-0.4, -0.2) is 18.3 Å². The van der Waals surface area contributed by atoms with Crippen molar-refractivity contribution in [3.8, 4) is 5.75 Å². The van der Waals surface area contributed by atoms with Crippen molar-refractivity contribution in [2.75, 3.05) is 18.3 Å². The van der Waals surface area contributed by atoms with Crippen LogP contribution in [0.2, 0.25) is 0 Å². The maximum atomic E-state index is 5.55. The zero-order chi connectivity index (χ0) is 14.7. The van der Waals surface area contributed by atoms with Crippen molar-refractivity contribution in [2.24, 2.45) is 5.10 Å². The summed E-state index contributed by atoms with van der Waals surface area (Å²) in [5.74, 6) is 1.43. The molecule has 0 aliphatic heterocycles. The zero-order valence-corrected chi connectivity index (χ0v) is 12.8. The molecule has 0 aliphatic rings. The van der Waals surface area contributed by atoms with E-state index in [-0.39, 0.29) is 0 Å². The lowest BCUT2D eigenvalue weighted by Gasteiger charge is -2.13. The molecule has 1 aromatic carbocycles. The predicted octanol–water partition coefficient (Wildman–Crippen LogP) is 3.11. The number of ether oxygens (including phenoxy) is 1. The summed E-state index contributed by atoms with van der Waals surface area (Å²) in [5.41, 5.74) is 12.9. The normalized spacial score (nSPS) is 11.0. The van der Waals surface area contributed by atoms with Gasteiger partial charge in [-0.1, -0.05) is 0 Å². The SMILES string of the molecule is COc1c(C)cc(C=NNc2nc(N)cs2)c(C)c1C. The Morgan fingerprint density at radius 1 is 1.35 bits per heavy atom. The van der Waals surface area contributed by atoms with E-state index in [4.69, 9.17) is 10.5 Å². The molecule has 0 amide bonds. The first-order valence-corrected chi connectivity index (χ1v) is 7.05. The lowest BCUT2D eigenvalue weighted by Crippen LogP contribution is -1.99. The van der Waals surface area contributed by atoms with Crippen molar-refractivity contribution in [3.05, 3.63) is 33.7 Å². The third-order valence-corrected chi connectivity index (χ3v) is 3.92. The molecule has 0 unspecified atom stereocenters. The van der Waals surface area contributed by atoms with Crippen molar-refractivity contribution in [2.45, 2.75) is 20.8 Å². The van der Waals surface area contributed by atoms with E-state index in [1.165, 1.54) is 11.3 Å². The molecule has 20 heavy (non-hydrogen) atoms.